The zero-order valence-corrected chi connectivity index (χ0v) is 8.16. The topological polar surface area (TPSA) is 94.1 Å². The molecule has 0 radical (unpaired) electrons. The lowest BCUT2D eigenvalue weighted by molar-refractivity contribution is -0.384. The molecule has 7 nitrogen and oxygen atoms in total. The lowest BCUT2D eigenvalue weighted by atomic mass is 10.3. The van der Waals surface area contributed by atoms with Gasteiger partial charge >= 0.3 is 5.69 Å². The van der Waals surface area contributed by atoms with E-state index in [2.05, 4.69) is 20.0 Å². The van der Waals surface area contributed by atoms with E-state index in [1.807, 2.05) is 0 Å². The van der Waals surface area contributed by atoms with Gasteiger partial charge in [-0.1, -0.05) is 5.16 Å². The first-order valence-electron chi connectivity index (χ1n) is 4.49. The maximum Gasteiger partial charge on any atom is 0.310 e. The van der Waals surface area contributed by atoms with E-state index in [0.29, 0.717) is 17.9 Å². The summed E-state index contributed by atoms with van der Waals surface area (Å²) in [5.41, 5.74) is 1.01. The quantitative estimate of drug-likeness (QED) is 0.621. The van der Waals surface area contributed by atoms with Crippen LogP contribution in [-0.2, 0) is 6.54 Å². The van der Waals surface area contributed by atoms with Crippen LogP contribution in [0.1, 0.15) is 5.69 Å². The summed E-state index contributed by atoms with van der Waals surface area (Å²) in [5.74, 6) is 0. The molecule has 2 rings (SSSR count). The summed E-state index contributed by atoms with van der Waals surface area (Å²) in [6.45, 7) is 0.362. The Morgan fingerprint density at radius 1 is 1.50 bits per heavy atom. The van der Waals surface area contributed by atoms with Crippen molar-refractivity contribution in [2.24, 2.45) is 0 Å². The van der Waals surface area contributed by atoms with Gasteiger partial charge in [0.25, 0.3) is 0 Å². The number of nitrogens with one attached hydrogen (secondary N) is 1. The summed E-state index contributed by atoms with van der Waals surface area (Å²) in [6.07, 6.45) is 4.13. The lowest BCUT2D eigenvalue weighted by Crippen LogP contribution is -2.03. The second-order valence-corrected chi connectivity index (χ2v) is 2.99. The second-order valence-electron chi connectivity index (χ2n) is 2.99. The maximum absolute atomic E-state index is 10.7. The maximum atomic E-state index is 10.7. The average Bonchev–Trinajstić information content (AvgIpc) is 2.79. The molecule has 0 aliphatic carbocycles. The number of anilines is 1. The minimum atomic E-state index is -0.488. The highest BCUT2D eigenvalue weighted by molar-refractivity contribution is 5.59. The fourth-order valence-corrected chi connectivity index (χ4v) is 1.20. The standard InChI is InChI=1S/C9H8N4O3/c14-13(15)9-6-10-3-1-8(9)11-5-7-2-4-16-12-7/h1-4,6H,5H2,(H,10,11). The molecule has 0 saturated heterocycles. The number of pyridine rings is 1. The van der Waals surface area contributed by atoms with Gasteiger partial charge in [0.2, 0.25) is 0 Å². The van der Waals surface area contributed by atoms with Crippen LogP contribution in [0.15, 0.2) is 35.3 Å². The van der Waals surface area contributed by atoms with E-state index < -0.39 is 4.92 Å². The van der Waals surface area contributed by atoms with Crippen LogP contribution in [0.3, 0.4) is 0 Å². The van der Waals surface area contributed by atoms with Crippen LogP contribution >= 0.6 is 0 Å². The molecule has 0 unspecified atom stereocenters. The predicted octanol–water partition coefficient (Wildman–Crippen LogP) is 1.59. The van der Waals surface area contributed by atoms with Crippen molar-refractivity contribution in [2.45, 2.75) is 6.54 Å². The van der Waals surface area contributed by atoms with Crippen LogP contribution in [0, 0.1) is 10.1 Å². The normalized spacial score (nSPS) is 10.0. The van der Waals surface area contributed by atoms with Gasteiger partial charge in [-0.2, -0.15) is 0 Å². The van der Waals surface area contributed by atoms with Crippen molar-refractivity contribution in [2.75, 3.05) is 5.32 Å². The molecule has 16 heavy (non-hydrogen) atoms. The number of nitro groups is 1. The van der Waals surface area contributed by atoms with Crippen molar-refractivity contribution >= 4 is 11.4 Å². The van der Waals surface area contributed by atoms with E-state index in [1.54, 1.807) is 6.07 Å². The van der Waals surface area contributed by atoms with Crippen molar-refractivity contribution in [1.82, 2.24) is 10.1 Å². The van der Waals surface area contributed by atoms with Gasteiger partial charge in [-0.15, -0.1) is 0 Å². The van der Waals surface area contributed by atoms with E-state index in [-0.39, 0.29) is 5.69 Å². The highest BCUT2D eigenvalue weighted by Gasteiger charge is 2.12. The van der Waals surface area contributed by atoms with Crippen molar-refractivity contribution in [1.29, 1.82) is 0 Å². The summed E-state index contributed by atoms with van der Waals surface area (Å²) in [4.78, 5) is 13.9. The lowest BCUT2D eigenvalue weighted by Gasteiger charge is -2.03. The number of hydrogen-bond acceptors (Lipinski definition) is 6. The Morgan fingerprint density at radius 2 is 2.38 bits per heavy atom. The van der Waals surface area contributed by atoms with Gasteiger partial charge in [0.1, 0.15) is 23.8 Å². The number of rotatable bonds is 4. The fraction of sp³-hybridized carbons (Fsp3) is 0.111. The van der Waals surface area contributed by atoms with Gasteiger partial charge in [-0.3, -0.25) is 15.1 Å². The third kappa shape index (κ3) is 2.14. The fourth-order valence-electron chi connectivity index (χ4n) is 1.20. The molecule has 7 heteroatoms. The summed E-state index contributed by atoms with van der Waals surface area (Å²) in [6, 6.07) is 3.22. The summed E-state index contributed by atoms with van der Waals surface area (Å²) in [5, 5.41) is 17.3. The zero-order chi connectivity index (χ0) is 11.4. The molecule has 0 aliphatic heterocycles. The van der Waals surface area contributed by atoms with E-state index >= 15 is 0 Å². The Labute approximate surface area is 90.2 Å². The molecule has 0 aromatic carbocycles. The van der Waals surface area contributed by atoms with Gasteiger partial charge < -0.3 is 9.84 Å². The molecule has 2 aromatic heterocycles. The van der Waals surface area contributed by atoms with Crippen LogP contribution in [0.4, 0.5) is 11.4 Å². The zero-order valence-electron chi connectivity index (χ0n) is 8.16. The van der Waals surface area contributed by atoms with Crippen LogP contribution in [-0.4, -0.2) is 15.1 Å². The molecule has 2 aromatic rings. The summed E-state index contributed by atoms with van der Waals surface area (Å²) in [7, 11) is 0. The number of hydrogen-bond donors (Lipinski definition) is 1. The monoisotopic (exact) mass is 220 g/mol. The second kappa shape index (κ2) is 4.39. The predicted molar refractivity (Wildman–Crippen MR) is 54.7 cm³/mol. The van der Waals surface area contributed by atoms with Crippen molar-refractivity contribution in [3.05, 3.63) is 46.6 Å². The van der Waals surface area contributed by atoms with Crippen LogP contribution in [0.5, 0.6) is 0 Å². The highest BCUT2D eigenvalue weighted by Crippen LogP contribution is 2.22. The first-order chi connectivity index (χ1) is 7.77. The van der Waals surface area contributed by atoms with Gasteiger partial charge in [0.15, 0.2) is 0 Å². The Hall–Kier alpha value is -2.44. The highest BCUT2D eigenvalue weighted by atomic mass is 16.6. The molecule has 0 saturated carbocycles. The minimum absolute atomic E-state index is 0.0639. The Bertz CT molecular complexity index is 483. The van der Waals surface area contributed by atoms with Crippen molar-refractivity contribution in [3.63, 3.8) is 0 Å². The molecule has 2 heterocycles. The van der Waals surface area contributed by atoms with Gasteiger partial charge in [-0.05, 0) is 6.07 Å². The molecule has 0 aliphatic rings. The van der Waals surface area contributed by atoms with Gasteiger partial charge in [0, 0.05) is 12.3 Å². The van der Waals surface area contributed by atoms with E-state index in [9.17, 15) is 10.1 Å². The Balaban J connectivity index is 2.12. The van der Waals surface area contributed by atoms with Crippen molar-refractivity contribution < 1.29 is 9.45 Å². The Kier molecular flexibility index (Phi) is 2.77. The third-order valence-corrected chi connectivity index (χ3v) is 1.95. The average molecular weight is 220 g/mol. The smallest absolute Gasteiger partial charge is 0.310 e. The van der Waals surface area contributed by atoms with E-state index in [1.165, 1.54) is 24.7 Å². The van der Waals surface area contributed by atoms with E-state index in [0.717, 1.165) is 0 Å². The first kappa shape index (κ1) is 10.1. The summed E-state index contributed by atoms with van der Waals surface area (Å²) >= 11 is 0. The molecule has 0 fully saturated rings. The molecule has 0 bridgehead atoms. The van der Waals surface area contributed by atoms with Crippen LogP contribution in [0.2, 0.25) is 0 Å². The van der Waals surface area contributed by atoms with Crippen LogP contribution < -0.4 is 5.32 Å². The summed E-state index contributed by atoms with van der Waals surface area (Å²) < 4.78 is 4.64. The largest absolute Gasteiger partial charge is 0.374 e. The van der Waals surface area contributed by atoms with E-state index in [4.69, 9.17) is 0 Å². The van der Waals surface area contributed by atoms with Gasteiger partial charge in [0.05, 0.1) is 11.5 Å². The molecular formula is C9H8N4O3. The molecular weight excluding hydrogens is 212 g/mol. The molecule has 1 N–H and O–H groups in total. The van der Waals surface area contributed by atoms with Gasteiger partial charge in [-0.25, -0.2) is 0 Å². The Morgan fingerprint density at radius 3 is 3.06 bits per heavy atom. The molecule has 0 amide bonds. The SMILES string of the molecule is O=[N+]([O-])c1cnccc1NCc1ccon1. The van der Waals surface area contributed by atoms with Crippen LogP contribution in [0.25, 0.3) is 0 Å². The van der Waals surface area contributed by atoms with Crippen molar-refractivity contribution in [3.8, 4) is 0 Å². The molecule has 0 atom stereocenters. The molecule has 0 spiro atoms. The first-order valence-corrected chi connectivity index (χ1v) is 4.49. The third-order valence-electron chi connectivity index (χ3n) is 1.95. The number of aromatic nitrogens is 2. The minimum Gasteiger partial charge on any atom is -0.374 e. The molecule has 82 valence electrons. The number of nitrogens with zero attached hydrogens (tertiary/aromatic N) is 3.